The number of carbonyl (C=O) groups excluding carboxylic acids is 1. The van der Waals surface area contributed by atoms with Crippen LogP contribution in [-0.4, -0.2) is 34.3 Å². The lowest BCUT2D eigenvalue weighted by Crippen LogP contribution is -2.17. The zero-order valence-corrected chi connectivity index (χ0v) is 14.5. The van der Waals surface area contributed by atoms with Crippen molar-refractivity contribution in [3.8, 4) is 11.5 Å². The summed E-state index contributed by atoms with van der Waals surface area (Å²) in [5, 5.41) is 2.68. The Balaban J connectivity index is 2.38. The van der Waals surface area contributed by atoms with Gasteiger partial charge in [0, 0.05) is 23.9 Å². The number of ether oxygens (including phenoxy) is 2. The van der Waals surface area contributed by atoms with Gasteiger partial charge in [-0.15, -0.1) is 0 Å². The van der Waals surface area contributed by atoms with Crippen molar-refractivity contribution in [3.05, 3.63) is 48.0 Å². The molecule has 0 bridgehead atoms. The van der Waals surface area contributed by atoms with Crippen LogP contribution in [0.15, 0.2) is 47.4 Å². The summed E-state index contributed by atoms with van der Waals surface area (Å²) in [4.78, 5) is 12.6. The number of nitrogens with one attached hydrogen (secondary N) is 1. The van der Waals surface area contributed by atoms with E-state index in [-0.39, 0.29) is 16.2 Å². The van der Waals surface area contributed by atoms with Crippen molar-refractivity contribution in [3.63, 3.8) is 0 Å². The molecule has 2 rings (SSSR count). The van der Waals surface area contributed by atoms with E-state index in [0.29, 0.717) is 17.2 Å². The molecule has 0 fully saturated rings. The normalized spacial score (nSPS) is 11.0. The van der Waals surface area contributed by atoms with E-state index >= 15 is 0 Å². The van der Waals surface area contributed by atoms with Gasteiger partial charge in [-0.2, -0.15) is 0 Å². The van der Waals surface area contributed by atoms with Crippen molar-refractivity contribution in [2.75, 3.05) is 25.3 Å². The molecular weight excluding hydrogens is 330 g/mol. The number of carbonyl (C=O) groups is 1. The first-order valence-corrected chi connectivity index (χ1v) is 8.92. The molecule has 0 spiro atoms. The highest BCUT2D eigenvalue weighted by molar-refractivity contribution is 7.91. The van der Waals surface area contributed by atoms with Gasteiger partial charge in [0.15, 0.2) is 9.84 Å². The molecule has 128 valence electrons. The highest BCUT2D eigenvalue weighted by Gasteiger charge is 2.20. The Morgan fingerprint density at radius 2 is 1.62 bits per heavy atom. The monoisotopic (exact) mass is 349 g/mol. The largest absolute Gasteiger partial charge is 0.497 e. The number of anilines is 1. The SMILES string of the molecule is CCS(=O)(=O)c1ccccc1C(=O)Nc1cc(OC)cc(OC)c1. The fourth-order valence-corrected chi connectivity index (χ4v) is 3.25. The lowest BCUT2D eigenvalue weighted by Gasteiger charge is -2.12. The van der Waals surface area contributed by atoms with Crippen molar-refractivity contribution in [1.82, 2.24) is 0 Å². The molecule has 1 N–H and O–H groups in total. The van der Waals surface area contributed by atoms with Crippen LogP contribution in [0.25, 0.3) is 0 Å². The number of hydrogen-bond donors (Lipinski definition) is 1. The zero-order chi connectivity index (χ0) is 17.7. The molecule has 0 saturated carbocycles. The molecule has 24 heavy (non-hydrogen) atoms. The van der Waals surface area contributed by atoms with E-state index in [9.17, 15) is 13.2 Å². The molecule has 6 nitrogen and oxygen atoms in total. The number of amides is 1. The third-order valence-corrected chi connectivity index (χ3v) is 5.24. The van der Waals surface area contributed by atoms with Gasteiger partial charge in [-0.1, -0.05) is 19.1 Å². The van der Waals surface area contributed by atoms with E-state index in [1.165, 1.54) is 33.3 Å². The number of sulfone groups is 1. The van der Waals surface area contributed by atoms with Crippen molar-refractivity contribution in [1.29, 1.82) is 0 Å². The van der Waals surface area contributed by atoms with Crippen LogP contribution in [0, 0.1) is 0 Å². The lowest BCUT2D eigenvalue weighted by atomic mass is 10.2. The predicted octanol–water partition coefficient (Wildman–Crippen LogP) is 2.75. The Labute approximate surface area is 141 Å². The summed E-state index contributed by atoms with van der Waals surface area (Å²) < 4.78 is 34.6. The minimum atomic E-state index is -3.50. The fourth-order valence-electron chi connectivity index (χ4n) is 2.16. The maximum atomic E-state index is 12.5. The van der Waals surface area contributed by atoms with Crippen LogP contribution >= 0.6 is 0 Å². The van der Waals surface area contributed by atoms with Gasteiger partial charge in [-0.05, 0) is 12.1 Å². The molecule has 0 unspecified atom stereocenters. The summed E-state index contributed by atoms with van der Waals surface area (Å²) in [7, 11) is -0.495. The molecule has 0 radical (unpaired) electrons. The molecule has 2 aromatic carbocycles. The van der Waals surface area contributed by atoms with E-state index in [2.05, 4.69) is 5.32 Å². The summed E-state index contributed by atoms with van der Waals surface area (Å²) in [6.07, 6.45) is 0. The number of benzene rings is 2. The van der Waals surface area contributed by atoms with Gasteiger partial charge in [0.2, 0.25) is 0 Å². The highest BCUT2D eigenvalue weighted by atomic mass is 32.2. The maximum Gasteiger partial charge on any atom is 0.256 e. The standard InChI is InChI=1S/C17H19NO5S/c1-4-24(20,21)16-8-6-5-7-15(16)17(19)18-12-9-13(22-2)11-14(10-12)23-3/h5-11H,4H2,1-3H3,(H,18,19). The van der Waals surface area contributed by atoms with Gasteiger partial charge < -0.3 is 14.8 Å². The van der Waals surface area contributed by atoms with Crippen LogP contribution in [-0.2, 0) is 9.84 Å². The van der Waals surface area contributed by atoms with Crippen LogP contribution in [0.4, 0.5) is 5.69 Å². The van der Waals surface area contributed by atoms with Crippen LogP contribution in [0.3, 0.4) is 0 Å². The van der Waals surface area contributed by atoms with Crippen molar-refractivity contribution in [2.24, 2.45) is 0 Å². The summed E-state index contributed by atoms with van der Waals surface area (Å²) in [6.45, 7) is 1.54. The second-order valence-electron chi connectivity index (χ2n) is 4.96. The Morgan fingerprint density at radius 1 is 1.04 bits per heavy atom. The van der Waals surface area contributed by atoms with Crippen LogP contribution in [0.1, 0.15) is 17.3 Å². The quantitative estimate of drug-likeness (QED) is 0.867. The second kappa shape index (κ2) is 7.35. The maximum absolute atomic E-state index is 12.5. The molecule has 0 heterocycles. The minimum absolute atomic E-state index is 0.0138. The predicted molar refractivity (Wildman–Crippen MR) is 91.7 cm³/mol. The molecule has 7 heteroatoms. The molecule has 2 aromatic rings. The Hall–Kier alpha value is -2.54. The molecule has 0 aliphatic rings. The van der Waals surface area contributed by atoms with Crippen molar-refractivity contribution in [2.45, 2.75) is 11.8 Å². The summed E-state index contributed by atoms with van der Waals surface area (Å²) >= 11 is 0. The molecule has 0 saturated heterocycles. The molecule has 0 aromatic heterocycles. The Kier molecular flexibility index (Phi) is 5.46. The second-order valence-corrected chi connectivity index (χ2v) is 7.20. The molecular formula is C17H19NO5S. The highest BCUT2D eigenvalue weighted by Crippen LogP contribution is 2.27. The molecule has 0 aliphatic heterocycles. The number of methoxy groups -OCH3 is 2. The first kappa shape index (κ1) is 17.8. The third-order valence-electron chi connectivity index (χ3n) is 3.46. The minimum Gasteiger partial charge on any atom is -0.497 e. The van der Waals surface area contributed by atoms with Gasteiger partial charge in [0.05, 0.1) is 30.4 Å². The number of hydrogen-bond acceptors (Lipinski definition) is 5. The fraction of sp³-hybridized carbons (Fsp3) is 0.235. The van der Waals surface area contributed by atoms with Crippen molar-refractivity contribution < 1.29 is 22.7 Å². The van der Waals surface area contributed by atoms with E-state index in [1.807, 2.05) is 0 Å². The van der Waals surface area contributed by atoms with Gasteiger partial charge in [0.1, 0.15) is 11.5 Å². The van der Waals surface area contributed by atoms with E-state index in [1.54, 1.807) is 30.3 Å². The Morgan fingerprint density at radius 3 is 2.17 bits per heavy atom. The molecule has 0 atom stereocenters. The molecule has 0 aliphatic carbocycles. The Bertz CT molecular complexity index is 824. The molecule has 1 amide bonds. The smallest absolute Gasteiger partial charge is 0.256 e. The average Bonchev–Trinajstić information content (AvgIpc) is 2.61. The van der Waals surface area contributed by atoms with E-state index in [0.717, 1.165) is 0 Å². The van der Waals surface area contributed by atoms with Gasteiger partial charge >= 0.3 is 0 Å². The zero-order valence-electron chi connectivity index (χ0n) is 13.7. The first-order valence-electron chi connectivity index (χ1n) is 7.27. The van der Waals surface area contributed by atoms with Gasteiger partial charge in [-0.3, -0.25) is 4.79 Å². The number of rotatable bonds is 6. The van der Waals surface area contributed by atoms with Crippen LogP contribution < -0.4 is 14.8 Å². The van der Waals surface area contributed by atoms with Crippen LogP contribution in [0.5, 0.6) is 11.5 Å². The van der Waals surface area contributed by atoms with E-state index < -0.39 is 15.7 Å². The first-order chi connectivity index (χ1) is 11.4. The average molecular weight is 349 g/mol. The topological polar surface area (TPSA) is 81.7 Å². The lowest BCUT2D eigenvalue weighted by molar-refractivity contribution is 0.102. The van der Waals surface area contributed by atoms with Crippen molar-refractivity contribution >= 4 is 21.4 Å². The summed E-state index contributed by atoms with van der Waals surface area (Å²) in [5.74, 6) is 0.431. The van der Waals surface area contributed by atoms with Crippen LogP contribution in [0.2, 0.25) is 0 Å². The summed E-state index contributed by atoms with van der Waals surface area (Å²) in [6, 6.07) is 11.0. The summed E-state index contributed by atoms with van der Waals surface area (Å²) in [5.41, 5.74) is 0.543. The van der Waals surface area contributed by atoms with Gasteiger partial charge in [-0.25, -0.2) is 8.42 Å². The van der Waals surface area contributed by atoms with Gasteiger partial charge in [0.25, 0.3) is 5.91 Å². The van der Waals surface area contributed by atoms with E-state index in [4.69, 9.17) is 9.47 Å². The third kappa shape index (κ3) is 3.86.